The third-order valence-electron chi connectivity index (χ3n) is 3.58. The van der Waals surface area contributed by atoms with Gasteiger partial charge in [-0.05, 0) is 67.8 Å². The van der Waals surface area contributed by atoms with Crippen molar-refractivity contribution in [3.05, 3.63) is 89.7 Å². The summed E-state index contributed by atoms with van der Waals surface area (Å²) in [7, 11) is 0. The van der Waals surface area contributed by atoms with Gasteiger partial charge in [0, 0.05) is 30.0 Å². The Morgan fingerprint density at radius 1 is 1.17 bits per heavy atom. The summed E-state index contributed by atoms with van der Waals surface area (Å²) in [6, 6.07) is 6.47. The molecule has 0 radical (unpaired) electrons. The molecule has 1 heterocycles. The maximum Gasteiger partial charge on any atom is 0.123 e. The second-order valence-electron chi connectivity index (χ2n) is 5.18. The third kappa shape index (κ3) is 3.95. The largest absolute Gasteiger partial charge is 0.317 e. The van der Waals surface area contributed by atoms with Crippen LogP contribution >= 0.6 is 0 Å². The van der Waals surface area contributed by atoms with Crippen molar-refractivity contribution in [3.8, 4) is 0 Å². The lowest BCUT2D eigenvalue weighted by molar-refractivity contribution is 0.626. The fourth-order valence-corrected chi connectivity index (χ4v) is 2.32. The number of halogens is 1. The molecule has 1 aromatic rings. The molecule has 0 aromatic heterocycles. The van der Waals surface area contributed by atoms with Gasteiger partial charge in [-0.1, -0.05) is 18.7 Å². The molecular weight excluding hydrogens is 287 g/mol. The van der Waals surface area contributed by atoms with E-state index in [2.05, 4.69) is 11.6 Å². The molecule has 0 saturated heterocycles. The Bertz CT molecular complexity index is 731. The lowest BCUT2D eigenvalue weighted by atomic mass is 10.0. The van der Waals surface area contributed by atoms with Crippen molar-refractivity contribution in [2.45, 2.75) is 20.8 Å². The van der Waals surface area contributed by atoms with Gasteiger partial charge in [0.05, 0.1) is 0 Å². The van der Waals surface area contributed by atoms with Gasteiger partial charge in [0.1, 0.15) is 5.82 Å². The summed E-state index contributed by atoms with van der Waals surface area (Å²) < 4.78 is 13.2. The van der Waals surface area contributed by atoms with E-state index >= 15 is 0 Å². The van der Waals surface area contributed by atoms with Crippen LogP contribution in [-0.2, 0) is 0 Å². The lowest BCUT2D eigenvalue weighted by Gasteiger charge is -2.28. The minimum Gasteiger partial charge on any atom is -0.317 e. The molecule has 0 unspecified atom stereocenters. The van der Waals surface area contributed by atoms with Crippen molar-refractivity contribution in [2.75, 3.05) is 0 Å². The number of rotatable bonds is 4. The summed E-state index contributed by atoms with van der Waals surface area (Å²) >= 11 is 0. The zero-order chi connectivity index (χ0) is 16.8. The highest BCUT2D eigenvalue weighted by molar-refractivity contribution is 5.68. The molecule has 0 fully saturated rings. The Morgan fingerprint density at radius 2 is 1.87 bits per heavy atom. The van der Waals surface area contributed by atoms with Crippen LogP contribution in [0.1, 0.15) is 26.3 Å². The molecule has 23 heavy (non-hydrogen) atoms. The molecule has 0 bridgehead atoms. The van der Waals surface area contributed by atoms with Crippen molar-refractivity contribution < 1.29 is 4.39 Å². The molecule has 2 rings (SSSR count). The number of aliphatic imine (C=N–C) groups is 1. The normalized spacial score (nSPS) is 16.3. The zero-order valence-electron chi connectivity index (χ0n) is 13.8. The second kappa shape index (κ2) is 7.54. The summed E-state index contributed by atoms with van der Waals surface area (Å²) in [5.74, 6) is -0.242. The summed E-state index contributed by atoms with van der Waals surface area (Å²) in [5, 5.41) is 0. The highest BCUT2D eigenvalue weighted by atomic mass is 19.1. The van der Waals surface area contributed by atoms with Crippen LogP contribution in [0.2, 0.25) is 0 Å². The molecule has 0 saturated carbocycles. The zero-order valence-corrected chi connectivity index (χ0v) is 13.8. The fraction of sp³-hybridized carbons (Fsp3) is 0.150. The molecule has 0 N–H and O–H groups in total. The van der Waals surface area contributed by atoms with Crippen molar-refractivity contribution in [1.29, 1.82) is 0 Å². The first-order valence-electron chi connectivity index (χ1n) is 7.52. The minimum absolute atomic E-state index is 0.242. The Morgan fingerprint density at radius 3 is 2.48 bits per heavy atom. The molecule has 0 amide bonds. The first-order valence-corrected chi connectivity index (χ1v) is 7.52. The van der Waals surface area contributed by atoms with Crippen molar-refractivity contribution in [3.63, 3.8) is 0 Å². The van der Waals surface area contributed by atoms with Crippen molar-refractivity contribution in [2.24, 2.45) is 4.99 Å². The molecule has 1 aliphatic rings. The van der Waals surface area contributed by atoms with Crippen LogP contribution in [0.3, 0.4) is 0 Å². The van der Waals surface area contributed by atoms with Crippen LogP contribution in [0.15, 0.2) is 83.3 Å². The van der Waals surface area contributed by atoms with Gasteiger partial charge < -0.3 is 4.90 Å². The van der Waals surface area contributed by atoms with Gasteiger partial charge in [0.15, 0.2) is 0 Å². The number of benzene rings is 1. The van der Waals surface area contributed by atoms with E-state index in [1.807, 2.05) is 56.3 Å². The van der Waals surface area contributed by atoms with E-state index in [-0.39, 0.29) is 5.82 Å². The number of allylic oxidation sites excluding steroid dienone is 5. The maximum atomic E-state index is 13.2. The highest BCUT2D eigenvalue weighted by Crippen LogP contribution is 2.29. The van der Waals surface area contributed by atoms with Gasteiger partial charge >= 0.3 is 0 Å². The van der Waals surface area contributed by atoms with Crippen LogP contribution in [-0.4, -0.2) is 11.1 Å². The smallest absolute Gasteiger partial charge is 0.123 e. The number of nitrogens with zero attached hydrogens (tertiary/aromatic N) is 2. The Balaban J connectivity index is 2.39. The molecule has 0 aliphatic carbocycles. The van der Waals surface area contributed by atoms with E-state index in [1.54, 1.807) is 18.3 Å². The standard InChI is InChI=1S/C20H21FN2/c1-5-20(17-9-11-19(21)12-10-17)23-14-18(8-7-16(23)4)15(3)13-22-6-2/h5-14H,4H2,1-3H3/b15-13+,20-5-,22-6-. The summed E-state index contributed by atoms with van der Waals surface area (Å²) in [4.78, 5) is 6.17. The molecule has 3 heteroatoms. The SMILES string of the molecule is C=C1C=CC(/C(C)=C/N=C\C)=CN1/C(=C\C)c1ccc(F)cc1. The van der Waals surface area contributed by atoms with Crippen molar-refractivity contribution in [1.82, 2.24) is 4.90 Å². The Hall–Kier alpha value is -2.68. The van der Waals surface area contributed by atoms with E-state index in [1.165, 1.54) is 12.1 Å². The monoisotopic (exact) mass is 308 g/mol. The van der Waals surface area contributed by atoms with E-state index < -0.39 is 0 Å². The summed E-state index contributed by atoms with van der Waals surface area (Å²) in [5.41, 5.74) is 4.88. The maximum absolute atomic E-state index is 13.2. The Labute approximate surface area is 137 Å². The number of hydrogen-bond acceptors (Lipinski definition) is 2. The molecule has 118 valence electrons. The molecule has 0 atom stereocenters. The van der Waals surface area contributed by atoms with Gasteiger partial charge in [-0.2, -0.15) is 0 Å². The van der Waals surface area contributed by atoms with Crippen LogP contribution in [0.4, 0.5) is 4.39 Å². The molecule has 1 aromatic carbocycles. The van der Waals surface area contributed by atoms with Gasteiger partial charge in [-0.25, -0.2) is 4.39 Å². The fourth-order valence-electron chi connectivity index (χ4n) is 2.32. The molecule has 1 aliphatic heterocycles. The summed E-state index contributed by atoms with van der Waals surface area (Å²) in [6.45, 7) is 9.96. The van der Waals surface area contributed by atoms with Crippen molar-refractivity contribution >= 4 is 11.9 Å². The lowest BCUT2D eigenvalue weighted by Crippen LogP contribution is -2.16. The van der Waals surface area contributed by atoms with Gasteiger partial charge in [0.25, 0.3) is 0 Å². The first kappa shape index (κ1) is 16.7. The highest BCUT2D eigenvalue weighted by Gasteiger charge is 2.15. The van der Waals surface area contributed by atoms with Gasteiger partial charge in [-0.15, -0.1) is 0 Å². The van der Waals surface area contributed by atoms with E-state index in [9.17, 15) is 4.39 Å². The quantitative estimate of drug-likeness (QED) is 0.675. The molecule has 2 nitrogen and oxygen atoms in total. The van der Waals surface area contributed by atoms with Gasteiger partial charge in [-0.3, -0.25) is 4.99 Å². The van der Waals surface area contributed by atoms with Crippen LogP contribution in [0.5, 0.6) is 0 Å². The van der Waals surface area contributed by atoms with Crippen LogP contribution in [0, 0.1) is 5.82 Å². The van der Waals surface area contributed by atoms with Crippen LogP contribution < -0.4 is 0 Å². The average Bonchev–Trinajstić information content (AvgIpc) is 2.56. The first-order chi connectivity index (χ1) is 11.1. The third-order valence-corrected chi connectivity index (χ3v) is 3.58. The van der Waals surface area contributed by atoms with E-state index in [0.717, 1.165) is 28.1 Å². The topological polar surface area (TPSA) is 15.6 Å². The summed E-state index contributed by atoms with van der Waals surface area (Å²) in [6.07, 6.45) is 11.6. The van der Waals surface area contributed by atoms with E-state index in [0.29, 0.717) is 0 Å². The van der Waals surface area contributed by atoms with Crippen LogP contribution in [0.25, 0.3) is 5.70 Å². The Kier molecular flexibility index (Phi) is 5.47. The molecular formula is C20H21FN2. The predicted molar refractivity (Wildman–Crippen MR) is 96.2 cm³/mol. The second-order valence-corrected chi connectivity index (χ2v) is 5.18. The van der Waals surface area contributed by atoms with E-state index in [4.69, 9.17) is 0 Å². The average molecular weight is 308 g/mol. The van der Waals surface area contributed by atoms with Gasteiger partial charge in [0.2, 0.25) is 0 Å². The molecule has 0 spiro atoms. The minimum atomic E-state index is -0.242. The number of hydrogen-bond donors (Lipinski definition) is 0. The predicted octanol–water partition coefficient (Wildman–Crippen LogP) is 5.45.